The van der Waals surface area contributed by atoms with E-state index in [9.17, 15) is 30.3 Å². The zero-order valence-corrected chi connectivity index (χ0v) is 45.9. The molecule has 0 aromatic rings. The van der Waals surface area contributed by atoms with Gasteiger partial charge in [0.15, 0.2) is 6.29 Å². The molecule has 1 heterocycles. The van der Waals surface area contributed by atoms with Crippen LogP contribution in [-0.2, 0) is 14.3 Å². The third kappa shape index (κ3) is 40.3. The molecule has 69 heavy (non-hydrogen) atoms. The van der Waals surface area contributed by atoms with Crippen molar-refractivity contribution in [2.24, 2.45) is 0 Å². The minimum atomic E-state index is -1.55. The Hall–Kier alpha value is -0.810. The molecule has 0 bridgehead atoms. The molecular formula is C60H119NO8. The van der Waals surface area contributed by atoms with Crippen LogP contribution in [0.4, 0.5) is 0 Å². The fourth-order valence-corrected chi connectivity index (χ4v) is 10.3. The maximum Gasteiger partial charge on any atom is 0.220 e. The number of unbranched alkanes of at least 4 members (excludes halogenated alkanes) is 44. The number of carbonyl (C=O) groups excluding carboxylic acids is 1. The topological polar surface area (TPSA) is 149 Å². The zero-order chi connectivity index (χ0) is 50.1. The summed E-state index contributed by atoms with van der Waals surface area (Å²) in [4.78, 5) is 13.1. The first-order valence-electron chi connectivity index (χ1n) is 30.7. The molecule has 0 radical (unpaired) electrons. The van der Waals surface area contributed by atoms with E-state index in [0.29, 0.717) is 12.8 Å². The normalized spacial score (nSPS) is 19.3. The molecule has 1 fully saturated rings. The quantitative estimate of drug-likeness (QED) is 0.0330. The predicted molar refractivity (Wildman–Crippen MR) is 291 cm³/mol. The average Bonchev–Trinajstić information content (AvgIpc) is 3.35. The average molecular weight is 983 g/mol. The summed E-state index contributed by atoms with van der Waals surface area (Å²) in [5, 5.41) is 54.7. The van der Waals surface area contributed by atoms with Crippen LogP contribution in [0.2, 0.25) is 0 Å². The maximum atomic E-state index is 13.1. The van der Waals surface area contributed by atoms with Crippen LogP contribution in [0.25, 0.3) is 0 Å². The summed E-state index contributed by atoms with van der Waals surface area (Å²) in [6.07, 6.45) is 54.3. The molecule has 6 N–H and O–H groups in total. The van der Waals surface area contributed by atoms with Gasteiger partial charge in [-0.3, -0.25) is 4.79 Å². The third-order valence-corrected chi connectivity index (χ3v) is 15.2. The first-order chi connectivity index (χ1) is 33.8. The Morgan fingerprint density at radius 1 is 0.435 bits per heavy atom. The molecule has 1 saturated heterocycles. The van der Waals surface area contributed by atoms with Gasteiger partial charge in [0, 0.05) is 6.42 Å². The fraction of sp³-hybridized carbons (Fsp3) is 0.983. The molecule has 1 amide bonds. The molecule has 1 aliphatic heterocycles. The summed E-state index contributed by atoms with van der Waals surface area (Å²) >= 11 is 0. The number of carbonyl (C=O) groups is 1. The van der Waals surface area contributed by atoms with E-state index < -0.39 is 49.5 Å². The molecule has 0 saturated carbocycles. The summed E-state index contributed by atoms with van der Waals surface area (Å²) in [6, 6.07) is -0.714. The Morgan fingerprint density at radius 3 is 1.03 bits per heavy atom. The van der Waals surface area contributed by atoms with Crippen LogP contribution < -0.4 is 5.32 Å². The van der Waals surface area contributed by atoms with Crippen molar-refractivity contribution in [2.45, 2.75) is 365 Å². The van der Waals surface area contributed by atoms with E-state index in [-0.39, 0.29) is 12.5 Å². The molecule has 9 nitrogen and oxygen atoms in total. The molecule has 0 aromatic carbocycles. The lowest BCUT2D eigenvalue weighted by atomic mass is 9.99. The van der Waals surface area contributed by atoms with Gasteiger partial charge in [-0.1, -0.05) is 303 Å². The van der Waals surface area contributed by atoms with Crippen molar-refractivity contribution in [3.05, 3.63) is 0 Å². The van der Waals surface area contributed by atoms with E-state index >= 15 is 0 Å². The van der Waals surface area contributed by atoms with Crippen LogP contribution >= 0.6 is 0 Å². The van der Waals surface area contributed by atoms with Crippen molar-refractivity contribution in [1.29, 1.82) is 0 Å². The van der Waals surface area contributed by atoms with Crippen LogP contribution in [0.1, 0.15) is 322 Å². The largest absolute Gasteiger partial charge is 0.394 e. The SMILES string of the molecule is CCCCCCCCCCCCCCCCCCCCCCCCCCCCCC(=O)NC(COC1OC(CO)C(O)C(O)C1O)C(O)CCCCCCCCCCCCCCCCCCCCC. The summed E-state index contributed by atoms with van der Waals surface area (Å²) in [5.74, 6) is -0.135. The van der Waals surface area contributed by atoms with Crippen molar-refractivity contribution in [3.63, 3.8) is 0 Å². The van der Waals surface area contributed by atoms with Gasteiger partial charge >= 0.3 is 0 Å². The number of rotatable bonds is 54. The number of ether oxygens (including phenoxy) is 2. The highest BCUT2D eigenvalue weighted by Crippen LogP contribution is 2.24. The third-order valence-electron chi connectivity index (χ3n) is 15.2. The highest BCUT2D eigenvalue weighted by atomic mass is 16.7. The van der Waals surface area contributed by atoms with Gasteiger partial charge in [-0.2, -0.15) is 0 Å². The second-order valence-electron chi connectivity index (χ2n) is 21.9. The van der Waals surface area contributed by atoms with Gasteiger partial charge in [0.05, 0.1) is 25.4 Å². The molecule has 7 unspecified atom stereocenters. The lowest BCUT2D eigenvalue weighted by Crippen LogP contribution is -2.60. The Bertz CT molecular complexity index is 1050. The summed E-state index contributed by atoms with van der Waals surface area (Å²) < 4.78 is 11.3. The van der Waals surface area contributed by atoms with E-state index in [0.717, 1.165) is 38.5 Å². The van der Waals surface area contributed by atoms with E-state index in [1.807, 2.05) is 0 Å². The standard InChI is InChI=1S/C60H119NO8/c1-3-5-7-9-11-13-15-17-19-21-23-24-25-26-27-28-29-30-32-34-36-38-40-42-44-46-48-50-56(64)61-53(52-68-60-59(67)58(66)57(65)55(51-62)69-60)54(63)49-47-45-43-41-39-37-35-33-31-22-20-18-16-14-12-10-8-6-4-2/h53-55,57-60,62-63,65-67H,3-52H2,1-2H3,(H,61,64). The van der Waals surface area contributed by atoms with E-state index in [1.54, 1.807) is 0 Å². The zero-order valence-electron chi connectivity index (χ0n) is 45.9. The van der Waals surface area contributed by atoms with Gasteiger partial charge in [-0.25, -0.2) is 0 Å². The van der Waals surface area contributed by atoms with Crippen LogP contribution in [0.3, 0.4) is 0 Å². The molecule has 1 aliphatic rings. The molecule has 9 heteroatoms. The van der Waals surface area contributed by atoms with Gasteiger partial charge < -0.3 is 40.3 Å². The highest BCUT2D eigenvalue weighted by molar-refractivity contribution is 5.76. The first-order valence-corrected chi connectivity index (χ1v) is 30.7. The van der Waals surface area contributed by atoms with Crippen molar-refractivity contribution >= 4 is 5.91 Å². The molecule has 0 aliphatic carbocycles. The van der Waals surface area contributed by atoms with Crippen molar-refractivity contribution in [3.8, 4) is 0 Å². The number of amides is 1. The summed E-state index contributed by atoms with van der Waals surface area (Å²) in [6.45, 7) is 3.89. The Morgan fingerprint density at radius 2 is 0.725 bits per heavy atom. The Balaban J connectivity index is 2.14. The Kier molecular flexibility index (Phi) is 48.7. The lowest BCUT2D eigenvalue weighted by molar-refractivity contribution is -0.302. The van der Waals surface area contributed by atoms with Gasteiger partial charge in [0.1, 0.15) is 24.4 Å². The molecule has 7 atom stereocenters. The predicted octanol–water partition coefficient (Wildman–Crippen LogP) is 15.4. The van der Waals surface area contributed by atoms with Gasteiger partial charge in [-0.15, -0.1) is 0 Å². The van der Waals surface area contributed by atoms with Crippen LogP contribution in [0.15, 0.2) is 0 Å². The first kappa shape index (κ1) is 66.2. The van der Waals surface area contributed by atoms with Crippen LogP contribution in [0.5, 0.6) is 0 Å². The number of aliphatic hydroxyl groups is 5. The maximum absolute atomic E-state index is 13.1. The highest BCUT2D eigenvalue weighted by Gasteiger charge is 2.44. The smallest absolute Gasteiger partial charge is 0.220 e. The second-order valence-corrected chi connectivity index (χ2v) is 21.9. The molecule has 0 aromatic heterocycles. The summed E-state index contributed by atoms with van der Waals surface area (Å²) in [7, 11) is 0. The van der Waals surface area contributed by atoms with Crippen molar-refractivity contribution < 1.29 is 39.8 Å². The van der Waals surface area contributed by atoms with Gasteiger partial charge in [0.25, 0.3) is 0 Å². The molecular weight excluding hydrogens is 863 g/mol. The van der Waals surface area contributed by atoms with Gasteiger partial charge in [0.2, 0.25) is 5.91 Å². The van der Waals surface area contributed by atoms with Crippen molar-refractivity contribution in [2.75, 3.05) is 13.2 Å². The monoisotopic (exact) mass is 982 g/mol. The molecule has 412 valence electrons. The number of nitrogens with one attached hydrogen (secondary N) is 1. The van der Waals surface area contributed by atoms with E-state index in [1.165, 1.54) is 257 Å². The second kappa shape index (κ2) is 50.7. The van der Waals surface area contributed by atoms with E-state index in [4.69, 9.17) is 9.47 Å². The lowest BCUT2D eigenvalue weighted by Gasteiger charge is -2.40. The van der Waals surface area contributed by atoms with E-state index in [2.05, 4.69) is 19.2 Å². The van der Waals surface area contributed by atoms with Gasteiger partial charge in [-0.05, 0) is 12.8 Å². The molecule has 0 spiro atoms. The Labute approximate surface area is 427 Å². The van der Waals surface area contributed by atoms with Crippen molar-refractivity contribution in [1.82, 2.24) is 5.32 Å². The fourth-order valence-electron chi connectivity index (χ4n) is 10.3. The number of hydrogen-bond acceptors (Lipinski definition) is 8. The van der Waals surface area contributed by atoms with Crippen LogP contribution in [0, 0.1) is 0 Å². The number of aliphatic hydroxyl groups excluding tert-OH is 5. The van der Waals surface area contributed by atoms with Crippen LogP contribution in [-0.4, -0.2) is 87.5 Å². The summed E-state index contributed by atoms with van der Waals surface area (Å²) in [5.41, 5.74) is 0. The minimum absolute atomic E-state index is 0.131. The minimum Gasteiger partial charge on any atom is -0.394 e. The molecule has 1 rings (SSSR count). The number of hydrogen-bond donors (Lipinski definition) is 6.